The molecule has 2 aromatic carbocycles. The maximum atomic E-state index is 13.1. The van der Waals surface area contributed by atoms with Crippen molar-refractivity contribution in [1.82, 2.24) is 0 Å². The maximum Gasteiger partial charge on any atom is 0.339 e. The van der Waals surface area contributed by atoms with E-state index in [1.54, 1.807) is 31.2 Å². The smallest absolute Gasteiger partial charge is 0.339 e. The van der Waals surface area contributed by atoms with E-state index in [-0.39, 0.29) is 0 Å². The lowest BCUT2D eigenvalue weighted by Gasteiger charge is -2.14. The lowest BCUT2D eigenvalue weighted by molar-refractivity contribution is -0.123. The van der Waals surface area contributed by atoms with Crippen molar-refractivity contribution >= 4 is 17.6 Å². The van der Waals surface area contributed by atoms with Gasteiger partial charge in [0.25, 0.3) is 5.91 Å². The molecule has 0 fully saturated rings. The van der Waals surface area contributed by atoms with Crippen molar-refractivity contribution in [2.75, 3.05) is 5.32 Å². The highest BCUT2D eigenvalue weighted by molar-refractivity contribution is 5.97. The quantitative estimate of drug-likeness (QED) is 0.881. The van der Waals surface area contributed by atoms with Crippen molar-refractivity contribution < 1.29 is 18.7 Å². The second-order valence-electron chi connectivity index (χ2n) is 4.86. The molecular weight excluding hydrogens is 285 g/mol. The van der Waals surface area contributed by atoms with E-state index in [4.69, 9.17) is 4.74 Å². The van der Waals surface area contributed by atoms with E-state index in [1.807, 2.05) is 6.07 Å². The third-order valence-electron chi connectivity index (χ3n) is 3.11. The number of hydrogen-bond donors (Lipinski definition) is 1. The van der Waals surface area contributed by atoms with Crippen LogP contribution in [0, 0.1) is 12.7 Å². The van der Waals surface area contributed by atoms with Crippen LogP contribution < -0.4 is 5.32 Å². The Balaban J connectivity index is 1.99. The fraction of sp³-hybridized carbons (Fsp3) is 0.176. The minimum Gasteiger partial charge on any atom is -0.449 e. The zero-order valence-electron chi connectivity index (χ0n) is 12.3. The molecule has 0 spiro atoms. The van der Waals surface area contributed by atoms with Gasteiger partial charge in [0.05, 0.1) is 5.56 Å². The molecule has 1 N–H and O–H groups in total. The van der Waals surface area contributed by atoms with Crippen LogP contribution in [0.15, 0.2) is 48.5 Å². The summed E-state index contributed by atoms with van der Waals surface area (Å²) in [4.78, 5) is 24.0. The van der Waals surface area contributed by atoms with E-state index in [1.165, 1.54) is 25.1 Å². The minimum atomic E-state index is -0.990. The van der Waals surface area contributed by atoms with E-state index in [0.717, 1.165) is 5.56 Å². The van der Waals surface area contributed by atoms with Gasteiger partial charge in [0.2, 0.25) is 0 Å². The third-order valence-corrected chi connectivity index (χ3v) is 3.11. The number of hydrogen-bond acceptors (Lipinski definition) is 3. The third kappa shape index (κ3) is 3.91. The fourth-order valence-electron chi connectivity index (χ4n) is 1.89. The van der Waals surface area contributed by atoms with Gasteiger partial charge in [-0.1, -0.05) is 24.3 Å². The Bertz CT molecular complexity index is 700. The highest BCUT2D eigenvalue weighted by Crippen LogP contribution is 2.12. The Hall–Kier alpha value is -2.69. The molecule has 1 amide bonds. The van der Waals surface area contributed by atoms with Gasteiger partial charge in [-0.3, -0.25) is 4.79 Å². The molecule has 2 rings (SSSR count). The summed E-state index contributed by atoms with van der Waals surface area (Å²) in [6.45, 7) is 3.25. The maximum absolute atomic E-state index is 13.1. The molecule has 5 heteroatoms. The van der Waals surface area contributed by atoms with Crippen molar-refractivity contribution in [3.05, 3.63) is 65.5 Å². The molecule has 1 atom stereocenters. The van der Waals surface area contributed by atoms with Gasteiger partial charge in [0, 0.05) is 5.69 Å². The standard InChI is InChI=1S/C17H16FNO3/c1-11-6-3-4-9-15(11)17(21)22-12(2)16(20)19-14-8-5-7-13(18)10-14/h3-10,12H,1-2H3,(H,19,20). The number of esters is 1. The first-order chi connectivity index (χ1) is 10.5. The first-order valence-corrected chi connectivity index (χ1v) is 6.80. The van der Waals surface area contributed by atoms with Gasteiger partial charge in [0.15, 0.2) is 6.10 Å². The summed E-state index contributed by atoms with van der Waals surface area (Å²) in [6.07, 6.45) is -0.990. The summed E-state index contributed by atoms with van der Waals surface area (Å²) in [7, 11) is 0. The molecule has 0 heterocycles. The zero-order chi connectivity index (χ0) is 16.1. The average Bonchev–Trinajstić information content (AvgIpc) is 2.47. The van der Waals surface area contributed by atoms with Crippen molar-refractivity contribution in [2.45, 2.75) is 20.0 Å². The lowest BCUT2D eigenvalue weighted by Crippen LogP contribution is -2.30. The number of amides is 1. The Morgan fingerprint density at radius 3 is 2.55 bits per heavy atom. The molecule has 0 aliphatic rings. The number of halogens is 1. The second kappa shape index (κ2) is 6.85. The van der Waals surface area contributed by atoms with Crippen LogP contribution in [-0.4, -0.2) is 18.0 Å². The van der Waals surface area contributed by atoms with Crippen LogP contribution in [-0.2, 0) is 9.53 Å². The summed E-state index contributed by atoms with van der Waals surface area (Å²) in [6, 6.07) is 12.5. The minimum absolute atomic E-state index is 0.309. The molecule has 114 valence electrons. The van der Waals surface area contributed by atoms with E-state index in [9.17, 15) is 14.0 Å². The van der Waals surface area contributed by atoms with E-state index in [2.05, 4.69) is 5.32 Å². The number of anilines is 1. The molecule has 0 saturated carbocycles. The molecular formula is C17H16FNO3. The predicted molar refractivity (Wildman–Crippen MR) is 81.1 cm³/mol. The molecule has 1 unspecified atom stereocenters. The van der Waals surface area contributed by atoms with E-state index < -0.39 is 23.8 Å². The topological polar surface area (TPSA) is 55.4 Å². The highest BCUT2D eigenvalue weighted by Gasteiger charge is 2.20. The number of rotatable bonds is 4. The van der Waals surface area contributed by atoms with Gasteiger partial charge in [-0.15, -0.1) is 0 Å². The van der Waals surface area contributed by atoms with Crippen molar-refractivity contribution in [3.8, 4) is 0 Å². The normalized spacial score (nSPS) is 11.6. The van der Waals surface area contributed by atoms with Crippen molar-refractivity contribution in [3.63, 3.8) is 0 Å². The van der Waals surface area contributed by atoms with Crippen LogP contribution in [0.5, 0.6) is 0 Å². The molecule has 0 bridgehead atoms. The van der Waals surface area contributed by atoms with Gasteiger partial charge in [-0.05, 0) is 43.7 Å². The van der Waals surface area contributed by atoms with E-state index in [0.29, 0.717) is 11.3 Å². The molecule has 4 nitrogen and oxygen atoms in total. The first kappa shape index (κ1) is 15.7. The van der Waals surface area contributed by atoms with Crippen LogP contribution in [0.25, 0.3) is 0 Å². The molecule has 2 aromatic rings. The lowest BCUT2D eigenvalue weighted by atomic mass is 10.1. The fourth-order valence-corrected chi connectivity index (χ4v) is 1.89. The number of benzene rings is 2. The summed E-state index contributed by atoms with van der Waals surface area (Å²) in [5, 5.41) is 2.50. The average molecular weight is 301 g/mol. The van der Waals surface area contributed by atoms with Gasteiger partial charge in [0.1, 0.15) is 5.82 Å². The highest BCUT2D eigenvalue weighted by atomic mass is 19.1. The second-order valence-corrected chi connectivity index (χ2v) is 4.86. The molecule has 0 saturated heterocycles. The monoisotopic (exact) mass is 301 g/mol. The summed E-state index contributed by atoms with van der Waals surface area (Å²) >= 11 is 0. The SMILES string of the molecule is Cc1ccccc1C(=O)OC(C)C(=O)Nc1cccc(F)c1. The van der Waals surface area contributed by atoms with Crippen LogP contribution in [0.4, 0.5) is 10.1 Å². The van der Waals surface area contributed by atoms with Crippen LogP contribution in [0.1, 0.15) is 22.8 Å². The summed E-state index contributed by atoms with van der Waals surface area (Å²) in [5.41, 5.74) is 1.49. The summed E-state index contributed by atoms with van der Waals surface area (Å²) < 4.78 is 18.2. The number of carbonyl (C=O) groups is 2. The zero-order valence-corrected chi connectivity index (χ0v) is 12.3. The first-order valence-electron chi connectivity index (χ1n) is 6.80. The largest absolute Gasteiger partial charge is 0.449 e. The van der Waals surface area contributed by atoms with Crippen molar-refractivity contribution in [2.24, 2.45) is 0 Å². The van der Waals surface area contributed by atoms with Crippen molar-refractivity contribution in [1.29, 1.82) is 0 Å². The molecule has 0 aromatic heterocycles. The van der Waals surface area contributed by atoms with Gasteiger partial charge < -0.3 is 10.1 Å². The Morgan fingerprint density at radius 2 is 1.86 bits per heavy atom. The number of nitrogens with one attached hydrogen (secondary N) is 1. The van der Waals surface area contributed by atoms with Gasteiger partial charge in [-0.25, -0.2) is 9.18 Å². The molecule has 0 radical (unpaired) electrons. The predicted octanol–water partition coefficient (Wildman–Crippen LogP) is 3.32. The Labute approximate surface area is 127 Å². The van der Waals surface area contributed by atoms with Crippen LogP contribution in [0.3, 0.4) is 0 Å². The molecule has 0 aliphatic carbocycles. The molecule has 22 heavy (non-hydrogen) atoms. The Kier molecular flexibility index (Phi) is 4.88. The number of aryl methyl sites for hydroxylation is 1. The number of ether oxygens (including phenoxy) is 1. The van der Waals surface area contributed by atoms with Gasteiger partial charge in [-0.2, -0.15) is 0 Å². The van der Waals surface area contributed by atoms with E-state index >= 15 is 0 Å². The van der Waals surface area contributed by atoms with Gasteiger partial charge >= 0.3 is 5.97 Å². The van der Waals surface area contributed by atoms with Crippen LogP contribution >= 0.6 is 0 Å². The van der Waals surface area contributed by atoms with Crippen LogP contribution in [0.2, 0.25) is 0 Å². The Morgan fingerprint density at radius 1 is 1.14 bits per heavy atom. The molecule has 0 aliphatic heterocycles. The number of carbonyl (C=O) groups excluding carboxylic acids is 2. The summed E-state index contributed by atoms with van der Waals surface area (Å²) in [5.74, 6) is -1.55.